The van der Waals surface area contributed by atoms with Gasteiger partial charge in [-0.2, -0.15) is 12.6 Å². The Bertz CT molecular complexity index is 304. The van der Waals surface area contributed by atoms with E-state index in [-0.39, 0.29) is 5.97 Å². The van der Waals surface area contributed by atoms with Crippen LogP contribution >= 0.6 is 12.6 Å². The number of hydrogen-bond donors (Lipinski definition) is 1. The molecule has 0 bridgehead atoms. The normalized spacial score (nSPS) is 10.1. The maximum absolute atomic E-state index is 11.3. The summed E-state index contributed by atoms with van der Waals surface area (Å²) in [5, 5.41) is 0. The van der Waals surface area contributed by atoms with Gasteiger partial charge in [-0.15, -0.1) is 0 Å². The van der Waals surface area contributed by atoms with Crippen LogP contribution < -0.4 is 0 Å². The number of ether oxygens (including phenoxy) is 1. The van der Waals surface area contributed by atoms with Gasteiger partial charge in [0.15, 0.2) is 0 Å². The summed E-state index contributed by atoms with van der Waals surface area (Å²) in [7, 11) is 0. The zero-order valence-electron chi connectivity index (χ0n) is 7.66. The van der Waals surface area contributed by atoms with E-state index in [4.69, 9.17) is 9.15 Å². The maximum Gasteiger partial charge on any atom is 0.341 e. The van der Waals surface area contributed by atoms with Gasteiger partial charge < -0.3 is 9.15 Å². The molecule has 1 heterocycles. The van der Waals surface area contributed by atoms with Crippen LogP contribution in [0.25, 0.3) is 0 Å². The average Bonchev–Trinajstić information content (AvgIpc) is 2.47. The third-order valence-corrected chi connectivity index (χ3v) is 1.93. The number of furan rings is 1. The molecule has 0 N–H and O–H groups in total. The van der Waals surface area contributed by atoms with E-state index in [1.165, 1.54) is 0 Å². The average molecular weight is 200 g/mol. The summed E-state index contributed by atoms with van der Waals surface area (Å²) in [6.07, 6.45) is 0. The smallest absolute Gasteiger partial charge is 0.341 e. The summed E-state index contributed by atoms with van der Waals surface area (Å²) in [6.45, 7) is 3.88. The molecular weight excluding hydrogens is 188 g/mol. The summed E-state index contributed by atoms with van der Waals surface area (Å²) < 4.78 is 10.1. The lowest BCUT2D eigenvalue weighted by molar-refractivity contribution is 0.0524. The van der Waals surface area contributed by atoms with Crippen LogP contribution in [0.2, 0.25) is 0 Å². The van der Waals surface area contributed by atoms with Crippen molar-refractivity contribution in [1.29, 1.82) is 0 Å². The number of aryl methyl sites for hydroxylation is 1. The van der Waals surface area contributed by atoms with Gasteiger partial charge in [0.1, 0.15) is 17.1 Å². The summed E-state index contributed by atoms with van der Waals surface area (Å²) in [6, 6.07) is 1.67. The van der Waals surface area contributed by atoms with Crippen molar-refractivity contribution in [3.8, 4) is 0 Å². The van der Waals surface area contributed by atoms with Crippen molar-refractivity contribution >= 4 is 18.6 Å². The molecule has 0 aliphatic carbocycles. The van der Waals surface area contributed by atoms with Crippen LogP contribution in [-0.2, 0) is 10.5 Å². The number of carbonyl (C=O) groups excluding carboxylic acids is 1. The minimum absolute atomic E-state index is 0.336. The zero-order valence-corrected chi connectivity index (χ0v) is 8.56. The number of thiol groups is 1. The first-order chi connectivity index (χ1) is 6.19. The molecule has 4 heteroatoms. The van der Waals surface area contributed by atoms with Crippen LogP contribution in [0.15, 0.2) is 10.5 Å². The first-order valence-corrected chi connectivity index (χ1v) is 4.69. The van der Waals surface area contributed by atoms with Crippen molar-refractivity contribution in [2.24, 2.45) is 0 Å². The Kier molecular flexibility index (Phi) is 3.42. The van der Waals surface area contributed by atoms with Crippen LogP contribution in [-0.4, -0.2) is 12.6 Å². The molecule has 0 aliphatic rings. The number of rotatable bonds is 3. The van der Waals surface area contributed by atoms with Crippen LogP contribution in [0.3, 0.4) is 0 Å². The van der Waals surface area contributed by atoms with Gasteiger partial charge in [-0.05, 0) is 19.9 Å². The van der Waals surface area contributed by atoms with Crippen molar-refractivity contribution < 1.29 is 13.9 Å². The molecule has 0 fully saturated rings. The van der Waals surface area contributed by atoms with Crippen molar-refractivity contribution in [3.63, 3.8) is 0 Å². The lowest BCUT2D eigenvalue weighted by Gasteiger charge is -1.97. The lowest BCUT2D eigenvalue weighted by Crippen LogP contribution is -2.04. The largest absolute Gasteiger partial charge is 0.465 e. The molecular formula is C9H12O3S. The lowest BCUT2D eigenvalue weighted by atomic mass is 10.2. The molecule has 0 spiro atoms. The number of carbonyl (C=O) groups is 1. The van der Waals surface area contributed by atoms with E-state index in [0.717, 1.165) is 0 Å². The predicted octanol–water partition coefficient (Wildman–Crippen LogP) is 2.19. The van der Waals surface area contributed by atoms with Crippen LogP contribution in [0.4, 0.5) is 0 Å². The molecule has 0 unspecified atom stereocenters. The quantitative estimate of drug-likeness (QED) is 0.600. The fraction of sp³-hybridized carbons (Fsp3) is 0.444. The number of esters is 1. The standard InChI is InChI=1S/C9H12O3S/c1-3-11-9(10)8-4-7(5-13)12-6(8)2/h4,13H,3,5H2,1-2H3. The molecule has 0 saturated carbocycles. The van der Waals surface area contributed by atoms with E-state index in [1.807, 2.05) is 0 Å². The highest BCUT2D eigenvalue weighted by molar-refractivity contribution is 7.79. The van der Waals surface area contributed by atoms with E-state index in [0.29, 0.717) is 29.4 Å². The van der Waals surface area contributed by atoms with Gasteiger partial charge in [-0.3, -0.25) is 0 Å². The highest BCUT2D eigenvalue weighted by atomic mass is 32.1. The Balaban J connectivity index is 2.87. The van der Waals surface area contributed by atoms with Crippen LogP contribution in [0.5, 0.6) is 0 Å². The highest BCUT2D eigenvalue weighted by Crippen LogP contribution is 2.16. The fourth-order valence-corrected chi connectivity index (χ4v) is 1.19. The summed E-state index contributed by atoms with van der Waals surface area (Å²) >= 11 is 4.05. The Labute approximate surface area is 82.5 Å². The molecule has 1 aromatic heterocycles. The Hall–Kier alpha value is -0.900. The summed E-state index contributed by atoms with van der Waals surface area (Å²) in [5.41, 5.74) is 0.492. The Morgan fingerprint density at radius 2 is 2.38 bits per heavy atom. The molecule has 0 aliphatic heterocycles. The molecule has 3 nitrogen and oxygen atoms in total. The second-order valence-corrected chi connectivity index (χ2v) is 2.88. The second kappa shape index (κ2) is 4.37. The van der Waals surface area contributed by atoms with Crippen molar-refractivity contribution in [2.75, 3.05) is 6.61 Å². The maximum atomic E-state index is 11.3. The molecule has 0 atom stereocenters. The van der Waals surface area contributed by atoms with E-state index in [9.17, 15) is 4.79 Å². The van der Waals surface area contributed by atoms with Crippen LogP contribution in [0.1, 0.15) is 28.8 Å². The molecule has 0 saturated heterocycles. The monoisotopic (exact) mass is 200 g/mol. The summed E-state index contributed by atoms with van der Waals surface area (Å²) in [4.78, 5) is 11.3. The van der Waals surface area contributed by atoms with E-state index < -0.39 is 0 Å². The SMILES string of the molecule is CCOC(=O)c1cc(CS)oc1C. The summed E-state index contributed by atoms with van der Waals surface area (Å²) in [5.74, 6) is 1.42. The first kappa shape index (κ1) is 10.2. The molecule has 0 radical (unpaired) electrons. The first-order valence-electron chi connectivity index (χ1n) is 4.06. The Morgan fingerprint density at radius 3 is 2.85 bits per heavy atom. The molecule has 1 aromatic rings. The van der Waals surface area contributed by atoms with E-state index in [1.54, 1.807) is 19.9 Å². The predicted molar refractivity (Wildman–Crippen MR) is 52.1 cm³/mol. The van der Waals surface area contributed by atoms with Gasteiger partial charge in [0.05, 0.1) is 6.61 Å². The molecule has 1 rings (SSSR count). The third-order valence-electron chi connectivity index (χ3n) is 1.62. The zero-order chi connectivity index (χ0) is 9.84. The minimum Gasteiger partial charge on any atom is -0.465 e. The van der Waals surface area contributed by atoms with Gasteiger partial charge >= 0.3 is 5.97 Å². The molecule has 13 heavy (non-hydrogen) atoms. The minimum atomic E-state index is -0.336. The molecule has 0 aromatic carbocycles. The van der Waals surface area contributed by atoms with E-state index >= 15 is 0 Å². The second-order valence-electron chi connectivity index (χ2n) is 2.56. The highest BCUT2D eigenvalue weighted by Gasteiger charge is 2.14. The topological polar surface area (TPSA) is 39.4 Å². The number of hydrogen-bond acceptors (Lipinski definition) is 4. The van der Waals surface area contributed by atoms with Gasteiger partial charge in [0.2, 0.25) is 0 Å². The van der Waals surface area contributed by atoms with Crippen molar-refractivity contribution in [1.82, 2.24) is 0 Å². The Morgan fingerprint density at radius 1 is 1.69 bits per heavy atom. The fourth-order valence-electron chi connectivity index (χ4n) is 1.03. The molecule has 0 amide bonds. The third kappa shape index (κ3) is 2.28. The van der Waals surface area contributed by atoms with Gasteiger partial charge in [0, 0.05) is 5.75 Å². The van der Waals surface area contributed by atoms with Gasteiger partial charge in [0.25, 0.3) is 0 Å². The van der Waals surface area contributed by atoms with Crippen LogP contribution in [0, 0.1) is 6.92 Å². The van der Waals surface area contributed by atoms with Crippen molar-refractivity contribution in [2.45, 2.75) is 19.6 Å². The van der Waals surface area contributed by atoms with Crippen molar-refractivity contribution in [3.05, 3.63) is 23.2 Å². The van der Waals surface area contributed by atoms with Gasteiger partial charge in [-0.25, -0.2) is 4.79 Å². The van der Waals surface area contributed by atoms with Gasteiger partial charge in [-0.1, -0.05) is 0 Å². The van der Waals surface area contributed by atoms with E-state index in [2.05, 4.69) is 12.6 Å². The molecule has 72 valence electrons.